The van der Waals surface area contributed by atoms with Crippen molar-refractivity contribution in [3.63, 3.8) is 0 Å². The standard InChI is InChI=1S/C23H32N4O3S/c1-25-13-4-6-20(25)16-27(19-9-10-19)22(28)17-26(14-5-15-30-2)23(29)24-18-7-11-21(31-3)12-8-18/h4,6-8,11-13,19H,5,9-10,14-17H2,1-3H3,(H,24,29). The van der Waals surface area contributed by atoms with Gasteiger partial charge in [-0.15, -0.1) is 11.8 Å². The number of methoxy groups -OCH3 is 1. The summed E-state index contributed by atoms with van der Waals surface area (Å²) >= 11 is 1.65. The zero-order valence-electron chi connectivity index (χ0n) is 18.5. The third-order valence-corrected chi connectivity index (χ3v) is 6.17. The number of urea groups is 1. The first kappa shape index (κ1) is 23.2. The second-order valence-electron chi connectivity index (χ2n) is 7.79. The van der Waals surface area contributed by atoms with Gasteiger partial charge in [-0.2, -0.15) is 0 Å². The molecule has 1 saturated carbocycles. The normalized spacial score (nSPS) is 13.1. The van der Waals surface area contributed by atoms with Gasteiger partial charge in [-0.05, 0) is 61.9 Å². The highest BCUT2D eigenvalue weighted by Crippen LogP contribution is 2.28. The Labute approximate surface area is 188 Å². The second-order valence-corrected chi connectivity index (χ2v) is 8.67. The Morgan fingerprint density at radius 3 is 2.55 bits per heavy atom. The molecule has 0 bridgehead atoms. The molecule has 2 aromatic rings. The fraction of sp³-hybridized carbons (Fsp3) is 0.478. The summed E-state index contributed by atoms with van der Waals surface area (Å²) in [6.07, 6.45) is 6.71. The zero-order valence-corrected chi connectivity index (χ0v) is 19.4. The Morgan fingerprint density at radius 1 is 1.23 bits per heavy atom. The fourth-order valence-corrected chi connectivity index (χ4v) is 3.83. The van der Waals surface area contributed by atoms with Crippen molar-refractivity contribution in [2.45, 2.75) is 36.7 Å². The fourth-order valence-electron chi connectivity index (χ4n) is 3.43. The van der Waals surface area contributed by atoms with Crippen molar-refractivity contribution in [2.24, 2.45) is 7.05 Å². The largest absolute Gasteiger partial charge is 0.385 e. The Bertz CT molecular complexity index is 864. The molecule has 31 heavy (non-hydrogen) atoms. The lowest BCUT2D eigenvalue weighted by Gasteiger charge is -2.28. The van der Waals surface area contributed by atoms with Crippen LogP contribution in [0.15, 0.2) is 47.5 Å². The number of hydrogen-bond donors (Lipinski definition) is 1. The summed E-state index contributed by atoms with van der Waals surface area (Å²) in [7, 11) is 3.62. The van der Waals surface area contributed by atoms with Crippen LogP contribution in [0.3, 0.4) is 0 Å². The van der Waals surface area contributed by atoms with Gasteiger partial charge in [-0.1, -0.05) is 0 Å². The summed E-state index contributed by atoms with van der Waals surface area (Å²) < 4.78 is 7.17. The molecule has 8 heteroatoms. The maximum atomic E-state index is 13.2. The second kappa shape index (κ2) is 11.2. The number of aryl methyl sites for hydroxylation is 1. The van der Waals surface area contributed by atoms with Crippen molar-refractivity contribution in [3.8, 4) is 0 Å². The minimum atomic E-state index is -0.268. The maximum Gasteiger partial charge on any atom is 0.322 e. The molecule has 1 aromatic heterocycles. The first-order valence-corrected chi connectivity index (χ1v) is 11.8. The van der Waals surface area contributed by atoms with Gasteiger partial charge < -0.3 is 24.4 Å². The highest BCUT2D eigenvalue weighted by Gasteiger charge is 2.34. The molecule has 168 valence electrons. The van der Waals surface area contributed by atoms with E-state index in [1.165, 1.54) is 0 Å². The summed E-state index contributed by atoms with van der Waals surface area (Å²) in [5.41, 5.74) is 1.80. The number of hydrogen-bond acceptors (Lipinski definition) is 4. The molecule has 1 heterocycles. The van der Waals surface area contributed by atoms with Crippen molar-refractivity contribution in [2.75, 3.05) is 38.4 Å². The molecule has 7 nitrogen and oxygen atoms in total. The molecule has 1 aromatic carbocycles. The van der Waals surface area contributed by atoms with Crippen LogP contribution in [0, 0.1) is 0 Å². The third-order valence-electron chi connectivity index (χ3n) is 5.42. The van der Waals surface area contributed by atoms with E-state index in [9.17, 15) is 9.59 Å². The molecule has 0 aliphatic heterocycles. The lowest BCUT2D eigenvalue weighted by atomic mass is 10.3. The Kier molecular flexibility index (Phi) is 8.43. The van der Waals surface area contributed by atoms with E-state index in [4.69, 9.17) is 4.74 Å². The van der Waals surface area contributed by atoms with Crippen LogP contribution in [0.5, 0.6) is 0 Å². The predicted molar refractivity (Wildman–Crippen MR) is 124 cm³/mol. The number of benzene rings is 1. The van der Waals surface area contributed by atoms with Crippen LogP contribution < -0.4 is 5.32 Å². The van der Waals surface area contributed by atoms with Crippen LogP contribution >= 0.6 is 11.8 Å². The van der Waals surface area contributed by atoms with E-state index in [2.05, 4.69) is 5.32 Å². The molecule has 1 aliphatic carbocycles. The number of anilines is 1. The molecule has 1 N–H and O–H groups in total. The minimum Gasteiger partial charge on any atom is -0.385 e. The van der Waals surface area contributed by atoms with Crippen molar-refractivity contribution >= 4 is 29.4 Å². The van der Waals surface area contributed by atoms with Gasteiger partial charge >= 0.3 is 6.03 Å². The summed E-state index contributed by atoms with van der Waals surface area (Å²) in [6, 6.07) is 11.7. The molecule has 0 saturated heterocycles. The van der Waals surface area contributed by atoms with Crippen molar-refractivity contribution < 1.29 is 14.3 Å². The number of aromatic nitrogens is 1. The number of nitrogens with one attached hydrogen (secondary N) is 1. The molecule has 0 spiro atoms. The lowest BCUT2D eigenvalue weighted by molar-refractivity contribution is -0.133. The van der Waals surface area contributed by atoms with E-state index in [0.29, 0.717) is 26.1 Å². The van der Waals surface area contributed by atoms with Crippen LogP contribution in [-0.2, 0) is 23.1 Å². The van der Waals surface area contributed by atoms with Crippen LogP contribution in [0.2, 0.25) is 0 Å². The summed E-state index contributed by atoms with van der Waals surface area (Å²) in [4.78, 5) is 30.8. The van der Waals surface area contributed by atoms with Crippen molar-refractivity contribution in [1.82, 2.24) is 14.4 Å². The molecule has 0 unspecified atom stereocenters. The highest BCUT2D eigenvalue weighted by molar-refractivity contribution is 7.98. The maximum absolute atomic E-state index is 13.2. The quantitative estimate of drug-likeness (QED) is 0.423. The predicted octanol–water partition coefficient (Wildman–Crippen LogP) is 3.81. The van der Waals surface area contributed by atoms with Crippen molar-refractivity contribution in [3.05, 3.63) is 48.3 Å². The average molecular weight is 445 g/mol. The molecule has 0 radical (unpaired) electrons. The first-order chi connectivity index (χ1) is 15.0. The van der Waals surface area contributed by atoms with Crippen LogP contribution in [0.4, 0.5) is 10.5 Å². The number of nitrogens with zero attached hydrogens (tertiary/aromatic N) is 3. The van der Waals surface area contributed by atoms with Crippen LogP contribution in [0.1, 0.15) is 25.0 Å². The molecule has 3 amide bonds. The molecular formula is C23H32N4O3S. The van der Waals surface area contributed by atoms with E-state index in [1.807, 2.05) is 65.4 Å². The first-order valence-electron chi connectivity index (χ1n) is 10.6. The number of carbonyl (C=O) groups excluding carboxylic acids is 2. The van der Waals surface area contributed by atoms with E-state index in [-0.39, 0.29) is 24.5 Å². The van der Waals surface area contributed by atoms with E-state index in [1.54, 1.807) is 23.8 Å². The summed E-state index contributed by atoms with van der Waals surface area (Å²) in [6.45, 7) is 1.61. The van der Waals surface area contributed by atoms with Crippen LogP contribution in [-0.4, -0.2) is 65.4 Å². The molecular weight excluding hydrogens is 412 g/mol. The van der Waals surface area contributed by atoms with E-state index >= 15 is 0 Å². The van der Waals surface area contributed by atoms with Gasteiger partial charge in [0, 0.05) is 55.8 Å². The highest BCUT2D eigenvalue weighted by atomic mass is 32.2. The van der Waals surface area contributed by atoms with Crippen molar-refractivity contribution in [1.29, 1.82) is 0 Å². The smallest absolute Gasteiger partial charge is 0.322 e. The van der Waals surface area contributed by atoms with Crippen LogP contribution in [0.25, 0.3) is 0 Å². The Hall–Kier alpha value is -2.45. The molecule has 1 fully saturated rings. The number of amides is 3. The van der Waals surface area contributed by atoms with Gasteiger partial charge in [0.25, 0.3) is 0 Å². The number of ether oxygens (including phenoxy) is 1. The van der Waals surface area contributed by atoms with Gasteiger partial charge in [0.2, 0.25) is 5.91 Å². The van der Waals surface area contributed by atoms with Gasteiger partial charge in [-0.25, -0.2) is 4.79 Å². The SMILES string of the molecule is COCCCN(CC(=O)N(Cc1cccn1C)C1CC1)C(=O)Nc1ccc(SC)cc1. The molecule has 0 atom stereocenters. The van der Waals surface area contributed by atoms with E-state index < -0.39 is 0 Å². The topological polar surface area (TPSA) is 66.8 Å². The monoisotopic (exact) mass is 444 g/mol. The Balaban J connectivity index is 1.66. The van der Waals surface area contributed by atoms with Gasteiger partial charge in [0.15, 0.2) is 0 Å². The lowest BCUT2D eigenvalue weighted by Crippen LogP contribution is -2.45. The minimum absolute atomic E-state index is 0.0194. The average Bonchev–Trinajstić information content (AvgIpc) is 3.53. The van der Waals surface area contributed by atoms with Gasteiger partial charge in [-0.3, -0.25) is 4.79 Å². The molecule has 3 rings (SSSR count). The molecule has 1 aliphatic rings. The Morgan fingerprint density at radius 2 is 1.97 bits per heavy atom. The number of thioether (sulfide) groups is 1. The summed E-state index contributed by atoms with van der Waals surface area (Å²) in [5, 5.41) is 2.93. The number of carbonyl (C=O) groups is 2. The number of rotatable bonds is 11. The van der Waals surface area contributed by atoms with E-state index in [0.717, 1.165) is 29.1 Å². The zero-order chi connectivity index (χ0) is 22.2. The third kappa shape index (κ3) is 6.77. The van der Waals surface area contributed by atoms with Gasteiger partial charge in [0.05, 0.1) is 6.54 Å². The van der Waals surface area contributed by atoms with Gasteiger partial charge in [0.1, 0.15) is 6.54 Å². The summed E-state index contributed by atoms with van der Waals surface area (Å²) in [5.74, 6) is -0.0194.